The molecule has 0 saturated heterocycles. The van der Waals surface area contributed by atoms with Crippen LogP contribution in [0, 0.1) is 5.82 Å². The molecule has 0 spiro atoms. The number of hydrogen-bond acceptors (Lipinski definition) is 4. The minimum absolute atomic E-state index is 0.0359. The number of carbonyl (C=O) groups is 1. The number of carboxylic acid groups (broad SMARTS) is 1. The van der Waals surface area contributed by atoms with E-state index in [1.807, 2.05) is 30.3 Å². The number of carboxylic acids is 1. The van der Waals surface area contributed by atoms with Gasteiger partial charge in [-0.15, -0.1) is 0 Å². The van der Waals surface area contributed by atoms with Gasteiger partial charge in [-0.05, 0) is 78.5 Å². The lowest BCUT2D eigenvalue weighted by Gasteiger charge is -2.36. The van der Waals surface area contributed by atoms with Gasteiger partial charge in [0.2, 0.25) is 0 Å². The predicted octanol–water partition coefficient (Wildman–Crippen LogP) is 6.64. The van der Waals surface area contributed by atoms with Crippen molar-refractivity contribution in [2.24, 2.45) is 0 Å². The molecule has 1 unspecified atom stereocenters. The molecule has 6 heteroatoms. The monoisotopic (exact) mass is 498 g/mol. The van der Waals surface area contributed by atoms with Crippen LogP contribution >= 0.6 is 0 Å². The molecule has 0 radical (unpaired) electrons. The molecule has 0 fully saturated rings. The lowest BCUT2D eigenvalue weighted by molar-refractivity contribution is -0.136. The Kier molecular flexibility index (Phi) is 7.37. The summed E-state index contributed by atoms with van der Waals surface area (Å²) in [6.45, 7) is 3.51. The Labute approximate surface area is 216 Å². The average molecular weight is 499 g/mol. The molecule has 2 N–H and O–H groups in total. The second-order valence-electron chi connectivity index (χ2n) is 9.56. The van der Waals surface area contributed by atoms with E-state index in [-0.39, 0.29) is 30.8 Å². The lowest BCUT2D eigenvalue weighted by atomic mass is 9.99. The van der Waals surface area contributed by atoms with E-state index in [0.717, 1.165) is 24.4 Å². The number of ether oxygens (including phenoxy) is 1. The third-order valence-corrected chi connectivity index (χ3v) is 6.92. The molecule has 190 valence electrons. The number of fused-ring (bicyclic) bond motifs is 2. The molecule has 1 aliphatic heterocycles. The first-order valence-electron chi connectivity index (χ1n) is 12.7. The highest BCUT2D eigenvalue weighted by molar-refractivity contribution is 5.86. The summed E-state index contributed by atoms with van der Waals surface area (Å²) in [4.78, 5) is 13.1. The minimum Gasteiger partial charge on any atom is -0.486 e. The maximum absolute atomic E-state index is 14.5. The van der Waals surface area contributed by atoms with E-state index in [4.69, 9.17) is 9.84 Å². The third-order valence-electron chi connectivity index (χ3n) is 6.92. The first kappa shape index (κ1) is 24.8. The topological polar surface area (TPSA) is 61.8 Å². The molecule has 0 bridgehead atoms. The van der Waals surface area contributed by atoms with Gasteiger partial charge >= 0.3 is 5.97 Å². The molecule has 4 aromatic carbocycles. The van der Waals surface area contributed by atoms with Gasteiger partial charge in [0.15, 0.2) is 0 Å². The number of anilines is 2. The molecule has 37 heavy (non-hydrogen) atoms. The number of rotatable bonds is 9. The molecule has 0 aromatic heterocycles. The maximum atomic E-state index is 14.5. The van der Waals surface area contributed by atoms with E-state index in [0.29, 0.717) is 17.8 Å². The van der Waals surface area contributed by atoms with E-state index in [2.05, 4.69) is 59.6 Å². The van der Waals surface area contributed by atoms with Gasteiger partial charge in [-0.25, -0.2) is 4.39 Å². The Morgan fingerprint density at radius 2 is 1.86 bits per heavy atom. The Morgan fingerprint density at radius 3 is 2.73 bits per heavy atom. The second-order valence-corrected chi connectivity index (χ2v) is 9.56. The summed E-state index contributed by atoms with van der Waals surface area (Å²) >= 11 is 0. The molecule has 0 aliphatic carbocycles. The van der Waals surface area contributed by atoms with E-state index >= 15 is 0 Å². The van der Waals surface area contributed by atoms with Crippen molar-refractivity contribution in [1.82, 2.24) is 5.32 Å². The van der Waals surface area contributed by atoms with Crippen LogP contribution in [-0.2, 0) is 11.2 Å². The van der Waals surface area contributed by atoms with Crippen LogP contribution in [0.5, 0.6) is 5.75 Å². The number of halogens is 1. The normalized spacial score (nSPS) is 15.7. The molecular formula is C31H31FN2O3. The van der Waals surface area contributed by atoms with E-state index in [1.54, 1.807) is 0 Å². The molecule has 1 heterocycles. The number of aryl methyl sites for hydroxylation is 1. The van der Waals surface area contributed by atoms with Crippen molar-refractivity contribution in [1.29, 1.82) is 0 Å². The van der Waals surface area contributed by atoms with Gasteiger partial charge in [0.05, 0.1) is 12.2 Å². The molecule has 5 rings (SSSR count). The molecule has 0 saturated carbocycles. The smallest absolute Gasteiger partial charge is 0.303 e. The zero-order valence-corrected chi connectivity index (χ0v) is 20.9. The van der Waals surface area contributed by atoms with Gasteiger partial charge in [-0.2, -0.15) is 0 Å². The molecule has 2 atom stereocenters. The van der Waals surface area contributed by atoms with Crippen LogP contribution in [0.1, 0.15) is 36.9 Å². The van der Waals surface area contributed by atoms with Crippen LogP contribution in [-0.4, -0.2) is 30.3 Å². The summed E-state index contributed by atoms with van der Waals surface area (Å²) in [6.07, 6.45) is 0.936. The average Bonchev–Trinajstić information content (AvgIpc) is 2.90. The highest BCUT2D eigenvalue weighted by atomic mass is 19.1. The van der Waals surface area contributed by atoms with Gasteiger partial charge in [0.1, 0.15) is 17.7 Å². The van der Waals surface area contributed by atoms with Crippen molar-refractivity contribution in [3.05, 3.63) is 102 Å². The quantitative estimate of drug-likeness (QED) is 0.271. The Bertz CT molecular complexity index is 1400. The molecular weight excluding hydrogens is 467 g/mol. The summed E-state index contributed by atoms with van der Waals surface area (Å²) in [5.41, 5.74) is 3.52. The Hall–Kier alpha value is -3.90. The number of hydrogen-bond donors (Lipinski definition) is 2. The Morgan fingerprint density at radius 1 is 1.08 bits per heavy atom. The zero-order chi connectivity index (χ0) is 25.8. The van der Waals surface area contributed by atoms with Crippen LogP contribution in [0.15, 0.2) is 84.9 Å². The molecule has 5 nitrogen and oxygen atoms in total. The summed E-state index contributed by atoms with van der Waals surface area (Å²) in [6, 6.07) is 27.6. The van der Waals surface area contributed by atoms with E-state index < -0.39 is 5.97 Å². The number of aliphatic carboxylic acids is 1. The van der Waals surface area contributed by atoms with Crippen LogP contribution in [0.2, 0.25) is 0 Å². The fourth-order valence-electron chi connectivity index (χ4n) is 5.08. The molecule has 0 amide bonds. The largest absolute Gasteiger partial charge is 0.486 e. The van der Waals surface area contributed by atoms with Crippen LogP contribution < -0.4 is 15.0 Å². The summed E-state index contributed by atoms with van der Waals surface area (Å²) in [5.74, 6) is -0.506. The fourth-order valence-corrected chi connectivity index (χ4v) is 5.08. The van der Waals surface area contributed by atoms with Gasteiger partial charge in [0, 0.05) is 18.2 Å². The predicted molar refractivity (Wildman–Crippen MR) is 145 cm³/mol. The van der Waals surface area contributed by atoms with E-state index in [9.17, 15) is 9.18 Å². The first-order chi connectivity index (χ1) is 18.0. The number of benzene rings is 4. The number of para-hydroxylation sites is 2. The molecule has 4 aromatic rings. The zero-order valence-electron chi connectivity index (χ0n) is 20.9. The summed E-state index contributed by atoms with van der Waals surface area (Å²) in [5, 5.41) is 15.2. The highest BCUT2D eigenvalue weighted by Crippen LogP contribution is 2.39. The van der Waals surface area contributed by atoms with Crippen molar-refractivity contribution in [3.63, 3.8) is 0 Å². The van der Waals surface area contributed by atoms with Crippen molar-refractivity contribution >= 4 is 28.1 Å². The van der Waals surface area contributed by atoms with Crippen LogP contribution in [0.4, 0.5) is 15.8 Å². The Balaban J connectivity index is 1.30. The van der Waals surface area contributed by atoms with Crippen LogP contribution in [0.3, 0.4) is 0 Å². The summed E-state index contributed by atoms with van der Waals surface area (Å²) < 4.78 is 20.9. The third kappa shape index (κ3) is 5.75. The van der Waals surface area contributed by atoms with Crippen molar-refractivity contribution < 1.29 is 19.0 Å². The van der Waals surface area contributed by atoms with Crippen molar-refractivity contribution in [2.45, 2.75) is 38.3 Å². The maximum Gasteiger partial charge on any atom is 0.303 e. The lowest BCUT2D eigenvalue weighted by Crippen LogP contribution is -2.39. The highest BCUT2D eigenvalue weighted by Gasteiger charge is 2.27. The van der Waals surface area contributed by atoms with Gasteiger partial charge < -0.3 is 20.1 Å². The van der Waals surface area contributed by atoms with Crippen molar-refractivity contribution in [2.75, 3.05) is 18.0 Å². The minimum atomic E-state index is -0.896. The number of nitrogens with one attached hydrogen (secondary N) is 1. The molecule has 1 aliphatic rings. The van der Waals surface area contributed by atoms with Gasteiger partial charge in [-0.3, -0.25) is 4.79 Å². The standard InChI is InChI=1S/C31H31FN2O3/c1-21(27-10-6-8-23-7-2-3-9-28(23)27)33-16-15-26-20-34(29-11-4-5-12-30(29)37-26)25-18-22(13-14-31(35)36)17-24(32)19-25/h2-12,17-19,21,26,33H,13-16,20H2,1H3,(H,35,36)/t21-,26?/m1/s1. The van der Waals surface area contributed by atoms with Crippen molar-refractivity contribution in [3.8, 4) is 5.75 Å². The van der Waals surface area contributed by atoms with Crippen LogP contribution in [0.25, 0.3) is 10.8 Å². The SMILES string of the molecule is C[C@@H](NCCC1CN(c2cc(F)cc(CCC(=O)O)c2)c2ccccc2O1)c1cccc2ccccc12. The van der Waals surface area contributed by atoms with E-state index in [1.165, 1.54) is 28.5 Å². The van der Waals surface area contributed by atoms with Gasteiger partial charge in [0.25, 0.3) is 0 Å². The van der Waals surface area contributed by atoms with Gasteiger partial charge in [-0.1, -0.05) is 54.6 Å². The summed E-state index contributed by atoms with van der Waals surface area (Å²) in [7, 11) is 0. The first-order valence-corrected chi connectivity index (χ1v) is 12.7. The number of nitrogens with zero attached hydrogens (tertiary/aromatic N) is 1. The fraction of sp³-hybridized carbons (Fsp3) is 0.258. The second kappa shape index (κ2) is 11.0.